The summed E-state index contributed by atoms with van der Waals surface area (Å²) < 4.78 is 24.0. The van der Waals surface area contributed by atoms with Crippen LogP contribution in [0.1, 0.15) is 11.3 Å². The number of carbonyl (C=O) groups is 1. The summed E-state index contributed by atoms with van der Waals surface area (Å²) in [5, 5.41) is 9.37. The number of oxazole rings is 1. The van der Waals surface area contributed by atoms with Gasteiger partial charge in [0.25, 0.3) is 5.89 Å². The summed E-state index contributed by atoms with van der Waals surface area (Å²) in [5.41, 5.74) is 0.941. The molecule has 0 saturated carbocycles. The van der Waals surface area contributed by atoms with Crippen molar-refractivity contribution < 1.29 is 18.0 Å². The molecule has 8 heteroatoms. The highest BCUT2D eigenvalue weighted by Crippen LogP contribution is 2.29. The topological polar surface area (TPSA) is 86.5 Å². The number of rotatable bonds is 4. The highest BCUT2D eigenvalue weighted by Gasteiger charge is 2.26. The first-order chi connectivity index (χ1) is 14.1. The molecule has 0 bridgehead atoms. The number of benzene rings is 1. The second kappa shape index (κ2) is 8.02. The Morgan fingerprint density at radius 2 is 1.93 bits per heavy atom. The summed E-state index contributed by atoms with van der Waals surface area (Å²) >= 11 is 0. The molecular weight excluding hydrogens is 375 g/mol. The molecule has 4 rings (SSSR count). The van der Waals surface area contributed by atoms with Gasteiger partial charge in [-0.15, -0.1) is 0 Å². The van der Waals surface area contributed by atoms with E-state index in [1.165, 1.54) is 24.5 Å². The van der Waals surface area contributed by atoms with E-state index in [1.54, 1.807) is 35.2 Å². The van der Waals surface area contributed by atoms with Crippen molar-refractivity contribution in [3.63, 3.8) is 0 Å². The molecule has 2 aromatic heterocycles. The van der Waals surface area contributed by atoms with Crippen molar-refractivity contribution in [1.29, 1.82) is 5.26 Å². The van der Waals surface area contributed by atoms with Gasteiger partial charge >= 0.3 is 0 Å². The number of piperazine rings is 1. The largest absolute Gasteiger partial charge is 0.459 e. The molecule has 1 saturated heterocycles. The molecule has 1 aliphatic rings. The lowest BCUT2D eigenvalue weighted by Crippen LogP contribution is -2.48. The summed E-state index contributed by atoms with van der Waals surface area (Å²) in [4.78, 5) is 20.2. The molecule has 0 aliphatic carbocycles. The van der Waals surface area contributed by atoms with E-state index in [4.69, 9.17) is 8.83 Å². The monoisotopic (exact) mass is 392 g/mol. The van der Waals surface area contributed by atoms with Crippen molar-refractivity contribution in [3.8, 4) is 17.7 Å². The van der Waals surface area contributed by atoms with Crippen molar-refractivity contribution in [3.05, 3.63) is 65.8 Å². The third kappa shape index (κ3) is 4.04. The zero-order chi connectivity index (χ0) is 20.2. The molecule has 29 heavy (non-hydrogen) atoms. The summed E-state index contributed by atoms with van der Waals surface area (Å²) in [6, 6.07) is 11.4. The van der Waals surface area contributed by atoms with Gasteiger partial charge in [-0.3, -0.25) is 4.79 Å². The van der Waals surface area contributed by atoms with Crippen molar-refractivity contribution >= 4 is 17.9 Å². The van der Waals surface area contributed by atoms with Gasteiger partial charge in [-0.25, -0.2) is 4.39 Å². The second-order valence-electron chi connectivity index (χ2n) is 6.46. The maximum Gasteiger partial charge on any atom is 0.266 e. The van der Waals surface area contributed by atoms with Crippen molar-refractivity contribution in [2.75, 3.05) is 31.1 Å². The number of hydrogen-bond acceptors (Lipinski definition) is 6. The number of anilines is 1. The van der Waals surface area contributed by atoms with Crippen LogP contribution in [-0.2, 0) is 4.79 Å². The molecule has 7 nitrogen and oxygen atoms in total. The van der Waals surface area contributed by atoms with Gasteiger partial charge in [0.1, 0.15) is 11.9 Å². The first-order valence-corrected chi connectivity index (χ1v) is 9.06. The van der Waals surface area contributed by atoms with E-state index in [2.05, 4.69) is 4.98 Å². The average Bonchev–Trinajstić information content (AvgIpc) is 3.43. The van der Waals surface area contributed by atoms with Crippen molar-refractivity contribution in [1.82, 2.24) is 9.88 Å². The summed E-state index contributed by atoms with van der Waals surface area (Å²) in [6.45, 7) is 1.98. The Morgan fingerprint density at radius 3 is 2.59 bits per heavy atom. The molecular formula is C21H17FN4O3. The molecule has 1 aromatic carbocycles. The molecule has 1 aliphatic heterocycles. The zero-order valence-electron chi connectivity index (χ0n) is 15.4. The minimum absolute atomic E-state index is 0.122. The Morgan fingerprint density at radius 1 is 1.17 bits per heavy atom. The second-order valence-corrected chi connectivity index (χ2v) is 6.46. The fourth-order valence-electron chi connectivity index (χ4n) is 3.08. The third-order valence-corrected chi connectivity index (χ3v) is 4.61. The molecule has 0 radical (unpaired) electrons. The molecule has 0 atom stereocenters. The minimum atomic E-state index is -0.316. The zero-order valence-corrected chi connectivity index (χ0v) is 15.4. The van der Waals surface area contributed by atoms with Gasteiger partial charge in [-0.1, -0.05) is 12.1 Å². The Kier molecular flexibility index (Phi) is 5.12. The Labute approximate surface area is 166 Å². The minimum Gasteiger partial charge on any atom is -0.459 e. The quantitative estimate of drug-likeness (QED) is 0.633. The number of furan rings is 1. The smallest absolute Gasteiger partial charge is 0.266 e. The Hall–Kier alpha value is -3.86. The van der Waals surface area contributed by atoms with E-state index in [0.717, 1.165) is 5.56 Å². The van der Waals surface area contributed by atoms with Crippen LogP contribution in [0.25, 0.3) is 17.7 Å². The van der Waals surface area contributed by atoms with E-state index in [-0.39, 0.29) is 23.3 Å². The summed E-state index contributed by atoms with van der Waals surface area (Å²) in [6.07, 6.45) is 4.65. The maximum absolute atomic E-state index is 12.9. The lowest BCUT2D eigenvalue weighted by Gasteiger charge is -2.33. The molecule has 146 valence electrons. The third-order valence-electron chi connectivity index (χ3n) is 4.61. The van der Waals surface area contributed by atoms with Crippen LogP contribution in [0.5, 0.6) is 0 Å². The van der Waals surface area contributed by atoms with Crippen molar-refractivity contribution in [2.45, 2.75) is 0 Å². The van der Waals surface area contributed by atoms with E-state index >= 15 is 0 Å². The first-order valence-electron chi connectivity index (χ1n) is 9.06. The number of halogens is 1. The van der Waals surface area contributed by atoms with Crippen LogP contribution >= 0.6 is 0 Å². The maximum atomic E-state index is 12.9. The van der Waals surface area contributed by atoms with Gasteiger partial charge in [-0.2, -0.15) is 10.2 Å². The molecule has 0 unspecified atom stereocenters. The van der Waals surface area contributed by atoms with Crippen molar-refractivity contribution in [2.24, 2.45) is 0 Å². The lowest BCUT2D eigenvalue weighted by molar-refractivity contribution is -0.126. The van der Waals surface area contributed by atoms with Gasteiger partial charge < -0.3 is 18.6 Å². The molecule has 0 spiro atoms. The van der Waals surface area contributed by atoms with Crippen LogP contribution in [0.4, 0.5) is 10.3 Å². The fourth-order valence-corrected chi connectivity index (χ4v) is 3.08. The van der Waals surface area contributed by atoms with Gasteiger partial charge in [0.15, 0.2) is 5.76 Å². The predicted octanol–water partition coefficient (Wildman–Crippen LogP) is 3.31. The predicted molar refractivity (Wildman–Crippen MR) is 103 cm³/mol. The highest BCUT2D eigenvalue weighted by atomic mass is 19.1. The SMILES string of the molecule is N#Cc1nc(-c2ccco2)oc1N1CCN(C(=O)/C=C/c2ccc(F)cc2)CC1. The standard InChI is InChI=1S/C21H17FN4O3/c22-16-6-3-15(4-7-16)5-8-19(27)25-9-11-26(12-10-25)21-17(14-23)24-20(29-21)18-2-1-13-28-18/h1-8,13H,9-12H2/b8-5+. The summed E-state index contributed by atoms with van der Waals surface area (Å²) in [5.74, 6) is 0.648. The molecule has 3 aromatic rings. The molecule has 3 heterocycles. The van der Waals surface area contributed by atoms with Gasteiger partial charge in [0, 0.05) is 32.3 Å². The molecule has 1 fully saturated rings. The summed E-state index contributed by atoms with van der Waals surface area (Å²) in [7, 11) is 0. The van der Waals surface area contributed by atoms with Crippen LogP contribution in [0, 0.1) is 17.1 Å². The number of amides is 1. The average molecular weight is 392 g/mol. The molecule has 0 N–H and O–H groups in total. The van der Waals surface area contributed by atoms with Gasteiger partial charge in [0.05, 0.1) is 6.26 Å². The number of carbonyl (C=O) groups excluding carboxylic acids is 1. The number of nitrogens with zero attached hydrogens (tertiary/aromatic N) is 4. The Balaban J connectivity index is 1.40. The van der Waals surface area contributed by atoms with E-state index in [1.807, 2.05) is 11.0 Å². The fraction of sp³-hybridized carbons (Fsp3) is 0.190. The highest BCUT2D eigenvalue weighted by molar-refractivity contribution is 5.92. The first kappa shape index (κ1) is 18.5. The number of aromatic nitrogens is 1. The molecule has 1 amide bonds. The van der Waals surface area contributed by atoms with E-state index < -0.39 is 0 Å². The number of hydrogen-bond donors (Lipinski definition) is 0. The van der Waals surface area contributed by atoms with Crippen LogP contribution in [0.15, 0.2) is 57.6 Å². The van der Waals surface area contributed by atoms with E-state index in [0.29, 0.717) is 37.8 Å². The van der Waals surface area contributed by atoms with Gasteiger partial charge in [0.2, 0.25) is 17.5 Å². The van der Waals surface area contributed by atoms with Crippen LogP contribution in [0.3, 0.4) is 0 Å². The normalized spacial score (nSPS) is 14.3. The van der Waals surface area contributed by atoms with Crippen LogP contribution in [-0.4, -0.2) is 42.0 Å². The Bertz CT molecular complexity index is 1060. The van der Waals surface area contributed by atoms with E-state index in [9.17, 15) is 14.4 Å². The number of nitriles is 1. The van der Waals surface area contributed by atoms with Gasteiger partial charge in [-0.05, 0) is 35.9 Å². The lowest BCUT2D eigenvalue weighted by atomic mass is 10.2. The van der Waals surface area contributed by atoms with Crippen LogP contribution < -0.4 is 4.90 Å². The van der Waals surface area contributed by atoms with Crippen LogP contribution in [0.2, 0.25) is 0 Å².